The Kier molecular flexibility index (Phi) is 3.91. The van der Waals surface area contributed by atoms with Gasteiger partial charge < -0.3 is 10.0 Å². The van der Waals surface area contributed by atoms with E-state index in [2.05, 4.69) is 4.90 Å². The molecular formula is C13H18FNO. The van der Waals surface area contributed by atoms with Crippen molar-refractivity contribution < 1.29 is 9.50 Å². The van der Waals surface area contributed by atoms with Crippen LogP contribution in [0.3, 0.4) is 0 Å². The van der Waals surface area contributed by atoms with Crippen molar-refractivity contribution in [1.82, 2.24) is 4.90 Å². The van der Waals surface area contributed by atoms with Crippen LogP contribution in [0.25, 0.3) is 0 Å². The monoisotopic (exact) mass is 223 g/mol. The van der Waals surface area contributed by atoms with Crippen molar-refractivity contribution in [2.24, 2.45) is 5.92 Å². The van der Waals surface area contributed by atoms with Gasteiger partial charge in [0.1, 0.15) is 5.82 Å². The first-order valence-electron chi connectivity index (χ1n) is 5.85. The van der Waals surface area contributed by atoms with E-state index in [0.717, 1.165) is 32.5 Å². The fraction of sp³-hybridized carbons (Fsp3) is 0.538. The second kappa shape index (κ2) is 5.41. The third-order valence-corrected chi connectivity index (χ3v) is 3.26. The molecule has 1 aliphatic rings. The molecule has 0 aromatic heterocycles. The van der Waals surface area contributed by atoms with Crippen LogP contribution in [0.5, 0.6) is 0 Å². The number of hydrogen-bond acceptors (Lipinski definition) is 2. The fourth-order valence-corrected chi connectivity index (χ4v) is 2.20. The summed E-state index contributed by atoms with van der Waals surface area (Å²) in [5.74, 6) is 0.276. The first-order valence-corrected chi connectivity index (χ1v) is 5.85. The van der Waals surface area contributed by atoms with Gasteiger partial charge in [-0.3, -0.25) is 0 Å². The SMILES string of the molecule is OCC1CCN(CCc2ccc(F)cc2)C1. The number of aliphatic hydroxyl groups is 1. The lowest BCUT2D eigenvalue weighted by Crippen LogP contribution is -2.24. The molecule has 0 saturated carbocycles. The minimum Gasteiger partial charge on any atom is -0.396 e. The van der Waals surface area contributed by atoms with E-state index in [1.54, 1.807) is 0 Å². The summed E-state index contributed by atoms with van der Waals surface area (Å²) in [5.41, 5.74) is 1.17. The molecule has 1 aromatic rings. The molecule has 0 amide bonds. The van der Waals surface area contributed by atoms with Crippen LogP contribution in [0.2, 0.25) is 0 Å². The van der Waals surface area contributed by atoms with Crippen molar-refractivity contribution in [3.05, 3.63) is 35.6 Å². The molecule has 1 saturated heterocycles. The molecule has 0 aliphatic carbocycles. The predicted molar refractivity (Wildman–Crippen MR) is 61.7 cm³/mol. The third-order valence-electron chi connectivity index (χ3n) is 3.26. The number of nitrogens with zero attached hydrogens (tertiary/aromatic N) is 1. The van der Waals surface area contributed by atoms with Crippen molar-refractivity contribution in [1.29, 1.82) is 0 Å². The quantitative estimate of drug-likeness (QED) is 0.839. The average Bonchev–Trinajstić information content (AvgIpc) is 2.76. The predicted octanol–water partition coefficient (Wildman–Crippen LogP) is 1.68. The van der Waals surface area contributed by atoms with E-state index >= 15 is 0 Å². The average molecular weight is 223 g/mol. The standard InChI is InChI=1S/C13H18FNO/c14-13-3-1-11(2-4-13)5-7-15-8-6-12(9-15)10-16/h1-4,12,16H,5-10H2. The highest BCUT2D eigenvalue weighted by Gasteiger charge is 2.20. The zero-order valence-corrected chi connectivity index (χ0v) is 9.40. The summed E-state index contributed by atoms with van der Waals surface area (Å²) in [6.07, 6.45) is 2.05. The molecule has 2 rings (SSSR count). The highest BCUT2D eigenvalue weighted by Crippen LogP contribution is 2.15. The lowest BCUT2D eigenvalue weighted by atomic mass is 10.1. The zero-order chi connectivity index (χ0) is 11.4. The molecule has 1 heterocycles. The molecule has 0 bridgehead atoms. The molecule has 3 heteroatoms. The van der Waals surface area contributed by atoms with Crippen molar-refractivity contribution in [2.45, 2.75) is 12.8 Å². The van der Waals surface area contributed by atoms with E-state index in [9.17, 15) is 4.39 Å². The number of benzene rings is 1. The van der Waals surface area contributed by atoms with Crippen molar-refractivity contribution in [3.8, 4) is 0 Å². The van der Waals surface area contributed by atoms with Gasteiger partial charge in [-0.1, -0.05) is 12.1 Å². The van der Waals surface area contributed by atoms with Crippen molar-refractivity contribution in [2.75, 3.05) is 26.2 Å². The molecule has 1 unspecified atom stereocenters. The Morgan fingerprint density at radius 3 is 2.69 bits per heavy atom. The van der Waals surface area contributed by atoms with Gasteiger partial charge >= 0.3 is 0 Å². The molecule has 0 radical (unpaired) electrons. The van der Waals surface area contributed by atoms with Crippen molar-refractivity contribution in [3.63, 3.8) is 0 Å². The maximum absolute atomic E-state index is 12.7. The molecule has 16 heavy (non-hydrogen) atoms. The molecule has 1 N–H and O–H groups in total. The Hall–Kier alpha value is -0.930. The third kappa shape index (κ3) is 3.03. The minimum atomic E-state index is -0.176. The molecule has 0 spiro atoms. The Morgan fingerprint density at radius 2 is 2.06 bits per heavy atom. The van der Waals surface area contributed by atoms with E-state index in [0.29, 0.717) is 12.5 Å². The largest absolute Gasteiger partial charge is 0.396 e. The summed E-state index contributed by atoms with van der Waals surface area (Å²) in [5, 5.41) is 9.03. The van der Waals surface area contributed by atoms with E-state index < -0.39 is 0 Å². The smallest absolute Gasteiger partial charge is 0.123 e. The number of likely N-dealkylation sites (tertiary alicyclic amines) is 1. The second-order valence-corrected chi connectivity index (χ2v) is 4.51. The molecule has 1 atom stereocenters. The Labute approximate surface area is 95.7 Å². The normalized spacial score (nSPS) is 21.5. The van der Waals surface area contributed by atoms with E-state index in [1.807, 2.05) is 12.1 Å². The van der Waals surface area contributed by atoms with Gasteiger partial charge in [-0.05, 0) is 43.0 Å². The Morgan fingerprint density at radius 1 is 1.31 bits per heavy atom. The van der Waals surface area contributed by atoms with E-state index in [1.165, 1.54) is 17.7 Å². The number of aliphatic hydroxyl groups excluding tert-OH is 1. The van der Waals surface area contributed by atoms with Gasteiger partial charge in [0.15, 0.2) is 0 Å². The highest BCUT2D eigenvalue weighted by molar-refractivity contribution is 5.16. The highest BCUT2D eigenvalue weighted by atomic mass is 19.1. The first-order chi connectivity index (χ1) is 7.78. The molecule has 1 aliphatic heterocycles. The topological polar surface area (TPSA) is 23.5 Å². The van der Waals surface area contributed by atoms with Crippen LogP contribution in [0.4, 0.5) is 4.39 Å². The number of halogens is 1. The van der Waals surface area contributed by atoms with Gasteiger partial charge in [0, 0.05) is 19.7 Å². The van der Waals surface area contributed by atoms with Gasteiger partial charge in [-0.15, -0.1) is 0 Å². The van der Waals surface area contributed by atoms with E-state index in [4.69, 9.17) is 5.11 Å². The van der Waals surface area contributed by atoms with Gasteiger partial charge in [0.2, 0.25) is 0 Å². The van der Waals surface area contributed by atoms with E-state index in [-0.39, 0.29) is 5.82 Å². The van der Waals surface area contributed by atoms with Crippen LogP contribution in [0.1, 0.15) is 12.0 Å². The first kappa shape index (κ1) is 11.6. The van der Waals surface area contributed by atoms with Crippen LogP contribution < -0.4 is 0 Å². The van der Waals surface area contributed by atoms with Crippen molar-refractivity contribution >= 4 is 0 Å². The summed E-state index contributed by atoms with van der Waals surface area (Å²) in [6.45, 7) is 3.37. The lowest BCUT2D eigenvalue weighted by molar-refractivity contribution is 0.222. The Bertz CT molecular complexity index is 325. The number of hydrogen-bond donors (Lipinski definition) is 1. The molecule has 2 nitrogen and oxygen atoms in total. The minimum absolute atomic E-state index is 0.176. The van der Waals surface area contributed by atoms with Gasteiger partial charge in [0.25, 0.3) is 0 Å². The lowest BCUT2D eigenvalue weighted by Gasteiger charge is -2.15. The zero-order valence-electron chi connectivity index (χ0n) is 9.40. The molecular weight excluding hydrogens is 205 g/mol. The van der Waals surface area contributed by atoms with Gasteiger partial charge in [-0.25, -0.2) is 4.39 Å². The summed E-state index contributed by atoms with van der Waals surface area (Å²) >= 11 is 0. The van der Waals surface area contributed by atoms with Crippen LogP contribution in [-0.2, 0) is 6.42 Å². The number of rotatable bonds is 4. The maximum Gasteiger partial charge on any atom is 0.123 e. The van der Waals surface area contributed by atoms with Crippen LogP contribution in [0.15, 0.2) is 24.3 Å². The van der Waals surface area contributed by atoms with Crippen LogP contribution in [-0.4, -0.2) is 36.2 Å². The summed E-state index contributed by atoms with van der Waals surface area (Å²) in [4.78, 5) is 2.37. The second-order valence-electron chi connectivity index (χ2n) is 4.51. The van der Waals surface area contributed by atoms with Gasteiger partial charge in [0.05, 0.1) is 0 Å². The molecule has 1 aromatic carbocycles. The maximum atomic E-state index is 12.7. The fourth-order valence-electron chi connectivity index (χ4n) is 2.20. The summed E-state index contributed by atoms with van der Waals surface area (Å²) in [6, 6.07) is 6.70. The van der Waals surface area contributed by atoms with Gasteiger partial charge in [-0.2, -0.15) is 0 Å². The summed E-state index contributed by atoms with van der Waals surface area (Å²) < 4.78 is 12.7. The van der Waals surface area contributed by atoms with Crippen LogP contribution >= 0.6 is 0 Å². The molecule has 88 valence electrons. The summed E-state index contributed by atoms with van der Waals surface area (Å²) in [7, 11) is 0. The molecule has 1 fully saturated rings. The van der Waals surface area contributed by atoms with Crippen LogP contribution in [0, 0.1) is 11.7 Å². The Balaban J connectivity index is 1.77.